The summed E-state index contributed by atoms with van der Waals surface area (Å²) in [5.41, 5.74) is 0.886. The third kappa shape index (κ3) is 2.29. The third-order valence-electron chi connectivity index (χ3n) is 1.63. The number of halogens is 1. The van der Waals surface area contributed by atoms with Gasteiger partial charge in [0.2, 0.25) is 6.41 Å². The van der Waals surface area contributed by atoms with Crippen LogP contribution in [0.4, 0.5) is 11.4 Å². The molecule has 1 amide bonds. The lowest BCUT2D eigenvalue weighted by Gasteiger charge is -2.02. The van der Waals surface area contributed by atoms with Crippen LogP contribution >= 0.6 is 15.9 Å². The molecule has 0 fully saturated rings. The Balaban J connectivity index is 3.16. The van der Waals surface area contributed by atoms with Gasteiger partial charge >= 0.3 is 0 Å². The average molecular weight is 259 g/mol. The van der Waals surface area contributed by atoms with Crippen molar-refractivity contribution in [2.75, 3.05) is 5.32 Å². The van der Waals surface area contributed by atoms with Crippen molar-refractivity contribution < 1.29 is 9.72 Å². The first-order chi connectivity index (χ1) is 6.69. The summed E-state index contributed by atoms with van der Waals surface area (Å²) in [6, 6.07) is 4.62. The number of nitro benzene ring substituents is 1. The Hall–Kier alpha value is -1.43. The van der Waals surface area contributed by atoms with E-state index in [4.69, 9.17) is 0 Å². The molecule has 0 atom stereocenters. The molecule has 0 aliphatic rings. The molecule has 5 nitrogen and oxygen atoms in total. The average Bonchev–Trinajstić information content (AvgIpc) is 2.18. The SMILES string of the molecule is O=CNc1ccc(CBr)cc1[N+](=O)[O-]. The minimum Gasteiger partial charge on any atom is -0.323 e. The molecule has 74 valence electrons. The fourth-order valence-electron chi connectivity index (χ4n) is 0.997. The molecule has 1 aromatic rings. The summed E-state index contributed by atoms with van der Waals surface area (Å²) in [4.78, 5) is 20.2. The Bertz CT molecular complexity index is 368. The summed E-state index contributed by atoms with van der Waals surface area (Å²) in [6.07, 6.45) is 0.413. The van der Waals surface area contributed by atoms with Gasteiger partial charge in [0.05, 0.1) is 4.92 Å². The maximum absolute atomic E-state index is 10.6. The van der Waals surface area contributed by atoms with E-state index in [1.165, 1.54) is 12.1 Å². The van der Waals surface area contributed by atoms with Gasteiger partial charge in [0.25, 0.3) is 5.69 Å². The quantitative estimate of drug-likeness (QED) is 0.389. The maximum Gasteiger partial charge on any atom is 0.293 e. The maximum atomic E-state index is 10.6. The van der Waals surface area contributed by atoms with Crippen LogP contribution in [0.5, 0.6) is 0 Å². The number of nitrogens with one attached hydrogen (secondary N) is 1. The fraction of sp³-hybridized carbons (Fsp3) is 0.125. The number of rotatable bonds is 4. The molecule has 0 saturated heterocycles. The van der Waals surface area contributed by atoms with Gasteiger partial charge in [-0.2, -0.15) is 0 Å². The number of anilines is 1. The van der Waals surface area contributed by atoms with Crippen molar-refractivity contribution in [2.45, 2.75) is 5.33 Å². The smallest absolute Gasteiger partial charge is 0.293 e. The van der Waals surface area contributed by atoms with Gasteiger partial charge in [-0.15, -0.1) is 0 Å². The minimum atomic E-state index is -0.530. The molecule has 6 heteroatoms. The second-order valence-corrected chi connectivity index (χ2v) is 3.07. The lowest BCUT2D eigenvalue weighted by molar-refractivity contribution is -0.384. The van der Waals surface area contributed by atoms with E-state index in [0.717, 1.165) is 5.56 Å². The van der Waals surface area contributed by atoms with Gasteiger partial charge in [-0.1, -0.05) is 22.0 Å². The van der Waals surface area contributed by atoms with Gasteiger partial charge < -0.3 is 5.32 Å². The number of carbonyl (C=O) groups is 1. The molecule has 0 unspecified atom stereocenters. The molecule has 0 aromatic heterocycles. The largest absolute Gasteiger partial charge is 0.323 e. The number of hydrogen-bond donors (Lipinski definition) is 1. The molecule has 0 heterocycles. The van der Waals surface area contributed by atoms with E-state index in [-0.39, 0.29) is 11.4 Å². The van der Waals surface area contributed by atoms with E-state index in [9.17, 15) is 14.9 Å². The Kier molecular flexibility index (Phi) is 3.58. The molecule has 0 radical (unpaired) electrons. The molecule has 0 aliphatic carbocycles. The highest BCUT2D eigenvalue weighted by Gasteiger charge is 2.13. The summed E-state index contributed by atoms with van der Waals surface area (Å²) in [7, 11) is 0. The number of nitrogens with zero attached hydrogens (tertiary/aromatic N) is 1. The molecule has 0 bridgehead atoms. The number of nitro groups is 1. The first-order valence-electron chi connectivity index (χ1n) is 3.72. The number of benzene rings is 1. The zero-order valence-corrected chi connectivity index (χ0v) is 8.65. The molecule has 1 rings (SSSR count). The molecule has 1 N–H and O–H groups in total. The van der Waals surface area contributed by atoms with Crippen molar-refractivity contribution >= 4 is 33.7 Å². The fourth-order valence-corrected chi connectivity index (χ4v) is 1.35. The van der Waals surface area contributed by atoms with Crippen LogP contribution in [0.25, 0.3) is 0 Å². The van der Waals surface area contributed by atoms with Crippen LogP contribution in [0.15, 0.2) is 18.2 Å². The predicted molar refractivity (Wildman–Crippen MR) is 55.4 cm³/mol. The highest BCUT2D eigenvalue weighted by atomic mass is 79.9. The zero-order chi connectivity index (χ0) is 10.6. The van der Waals surface area contributed by atoms with Crippen molar-refractivity contribution in [3.8, 4) is 0 Å². The normalized spacial score (nSPS) is 9.50. The molecule has 0 spiro atoms. The predicted octanol–water partition coefficient (Wildman–Crippen LogP) is 2.06. The first kappa shape index (κ1) is 10.6. The number of carbonyl (C=O) groups excluding carboxylic acids is 1. The van der Waals surface area contributed by atoms with Crippen molar-refractivity contribution in [1.29, 1.82) is 0 Å². The van der Waals surface area contributed by atoms with Gasteiger partial charge in [0.15, 0.2) is 0 Å². The Morgan fingerprint density at radius 3 is 2.79 bits per heavy atom. The number of hydrogen-bond acceptors (Lipinski definition) is 3. The van der Waals surface area contributed by atoms with Crippen molar-refractivity contribution in [3.05, 3.63) is 33.9 Å². The highest BCUT2D eigenvalue weighted by Crippen LogP contribution is 2.25. The second kappa shape index (κ2) is 4.71. The van der Waals surface area contributed by atoms with Crippen LogP contribution in [0.3, 0.4) is 0 Å². The van der Waals surface area contributed by atoms with Crippen LogP contribution in [0.1, 0.15) is 5.56 Å². The molecular formula is C8H7BrN2O3. The van der Waals surface area contributed by atoms with Crippen LogP contribution in [-0.2, 0) is 10.1 Å². The number of amides is 1. The van der Waals surface area contributed by atoms with E-state index in [1.54, 1.807) is 6.07 Å². The molecule has 1 aromatic carbocycles. The Labute approximate surface area is 88.4 Å². The monoisotopic (exact) mass is 258 g/mol. The lowest BCUT2D eigenvalue weighted by atomic mass is 10.2. The van der Waals surface area contributed by atoms with Crippen molar-refractivity contribution in [3.63, 3.8) is 0 Å². The zero-order valence-electron chi connectivity index (χ0n) is 7.07. The van der Waals surface area contributed by atoms with Crippen LogP contribution in [0.2, 0.25) is 0 Å². The van der Waals surface area contributed by atoms with Gasteiger partial charge in [0.1, 0.15) is 5.69 Å². The van der Waals surface area contributed by atoms with E-state index < -0.39 is 4.92 Å². The van der Waals surface area contributed by atoms with Gasteiger partial charge in [-0.3, -0.25) is 14.9 Å². The molecule has 0 saturated carbocycles. The van der Waals surface area contributed by atoms with E-state index in [2.05, 4.69) is 21.2 Å². The Morgan fingerprint density at radius 2 is 2.29 bits per heavy atom. The highest BCUT2D eigenvalue weighted by molar-refractivity contribution is 9.08. The second-order valence-electron chi connectivity index (χ2n) is 2.50. The Morgan fingerprint density at radius 1 is 1.57 bits per heavy atom. The number of alkyl halides is 1. The van der Waals surface area contributed by atoms with Crippen LogP contribution in [0, 0.1) is 10.1 Å². The van der Waals surface area contributed by atoms with E-state index in [0.29, 0.717) is 11.7 Å². The topological polar surface area (TPSA) is 72.2 Å². The van der Waals surface area contributed by atoms with Gasteiger partial charge in [-0.25, -0.2) is 0 Å². The summed E-state index contributed by atoms with van der Waals surface area (Å²) in [6.45, 7) is 0. The summed E-state index contributed by atoms with van der Waals surface area (Å²) >= 11 is 3.19. The summed E-state index contributed by atoms with van der Waals surface area (Å²) in [5, 5.41) is 13.4. The third-order valence-corrected chi connectivity index (χ3v) is 2.28. The first-order valence-corrected chi connectivity index (χ1v) is 4.84. The minimum absolute atomic E-state index is 0.103. The summed E-state index contributed by atoms with van der Waals surface area (Å²) < 4.78 is 0. The standard InChI is InChI=1S/C8H7BrN2O3/c9-4-6-1-2-7(10-5-12)8(3-6)11(13)14/h1-3,5H,4H2,(H,10,12). The lowest BCUT2D eigenvalue weighted by Crippen LogP contribution is -1.99. The molecular weight excluding hydrogens is 252 g/mol. The van der Waals surface area contributed by atoms with Crippen molar-refractivity contribution in [2.24, 2.45) is 0 Å². The van der Waals surface area contributed by atoms with Crippen molar-refractivity contribution in [1.82, 2.24) is 0 Å². The van der Waals surface area contributed by atoms with Crippen LogP contribution in [-0.4, -0.2) is 11.3 Å². The van der Waals surface area contributed by atoms with Gasteiger partial charge in [-0.05, 0) is 11.6 Å². The van der Waals surface area contributed by atoms with E-state index >= 15 is 0 Å². The summed E-state index contributed by atoms with van der Waals surface area (Å²) in [5.74, 6) is 0. The van der Waals surface area contributed by atoms with Crippen LogP contribution < -0.4 is 5.32 Å². The molecule has 0 aliphatic heterocycles. The molecule has 14 heavy (non-hydrogen) atoms. The van der Waals surface area contributed by atoms with Gasteiger partial charge in [0, 0.05) is 11.4 Å². The van der Waals surface area contributed by atoms with E-state index in [1.807, 2.05) is 0 Å².